The third kappa shape index (κ3) is 2.68. The Kier molecular flexibility index (Phi) is 3.49. The number of primary amides is 1. The molecule has 2 heterocycles. The van der Waals surface area contributed by atoms with Crippen molar-refractivity contribution in [3.8, 4) is 0 Å². The van der Waals surface area contributed by atoms with Crippen LogP contribution in [-0.4, -0.2) is 34.7 Å². The maximum atomic E-state index is 11.5. The molecule has 5 nitrogen and oxygen atoms in total. The van der Waals surface area contributed by atoms with Crippen molar-refractivity contribution in [2.75, 3.05) is 13.1 Å². The summed E-state index contributed by atoms with van der Waals surface area (Å²) < 4.78 is 0. The third-order valence-corrected chi connectivity index (χ3v) is 2.96. The Balaban J connectivity index is 2.18. The molecule has 0 radical (unpaired) electrons. The molecule has 1 saturated heterocycles. The second kappa shape index (κ2) is 5.05. The lowest BCUT2D eigenvalue weighted by Crippen LogP contribution is -2.43. The molecule has 2 N–H and O–H groups in total. The molecule has 1 aliphatic heterocycles. The van der Waals surface area contributed by atoms with Crippen molar-refractivity contribution in [1.82, 2.24) is 9.88 Å². The van der Waals surface area contributed by atoms with Crippen LogP contribution in [0.25, 0.3) is 0 Å². The Morgan fingerprint density at radius 2 is 2.06 bits per heavy atom. The number of hydrogen-bond donors (Lipinski definition) is 1. The Morgan fingerprint density at radius 1 is 1.35 bits per heavy atom. The minimum Gasteiger partial charge on any atom is -0.368 e. The molecule has 1 amide bonds. The lowest BCUT2D eigenvalue weighted by Gasteiger charge is -2.31. The first-order valence-corrected chi connectivity index (χ1v) is 5.64. The van der Waals surface area contributed by atoms with Crippen LogP contribution in [0.15, 0.2) is 24.4 Å². The van der Waals surface area contributed by atoms with Crippen molar-refractivity contribution in [1.29, 1.82) is 0 Å². The Labute approximate surface area is 99.6 Å². The van der Waals surface area contributed by atoms with Crippen molar-refractivity contribution in [2.24, 2.45) is 5.73 Å². The SMILES string of the molecule is NC(=O)C(c1ccccn1)N1CCC(=O)CC1. The minimum atomic E-state index is -0.524. The smallest absolute Gasteiger partial charge is 0.241 e. The van der Waals surface area contributed by atoms with E-state index in [1.807, 2.05) is 11.0 Å². The van der Waals surface area contributed by atoms with Gasteiger partial charge in [-0.15, -0.1) is 0 Å². The Hall–Kier alpha value is -1.75. The Bertz CT molecular complexity index is 409. The predicted molar refractivity (Wildman–Crippen MR) is 62.0 cm³/mol. The number of carbonyl (C=O) groups excluding carboxylic acids is 2. The van der Waals surface area contributed by atoms with Gasteiger partial charge in [0.2, 0.25) is 5.91 Å². The molecule has 1 atom stereocenters. The van der Waals surface area contributed by atoms with Gasteiger partial charge in [0.25, 0.3) is 0 Å². The van der Waals surface area contributed by atoms with E-state index in [1.165, 1.54) is 0 Å². The number of piperidine rings is 1. The van der Waals surface area contributed by atoms with E-state index in [0.29, 0.717) is 31.6 Å². The summed E-state index contributed by atoms with van der Waals surface area (Å²) in [6.45, 7) is 1.14. The van der Waals surface area contributed by atoms with Gasteiger partial charge >= 0.3 is 0 Å². The second-order valence-electron chi connectivity index (χ2n) is 4.13. The molecule has 1 unspecified atom stereocenters. The highest BCUT2D eigenvalue weighted by Crippen LogP contribution is 2.21. The monoisotopic (exact) mass is 233 g/mol. The number of rotatable bonds is 3. The summed E-state index contributed by atoms with van der Waals surface area (Å²) in [6, 6.07) is 4.88. The first kappa shape index (κ1) is 11.7. The average Bonchev–Trinajstić information content (AvgIpc) is 2.33. The molecule has 0 aliphatic carbocycles. The molecule has 1 aliphatic rings. The summed E-state index contributed by atoms with van der Waals surface area (Å²) in [4.78, 5) is 28.8. The fourth-order valence-corrected chi connectivity index (χ4v) is 2.08. The molecule has 2 rings (SSSR count). The van der Waals surface area contributed by atoms with Crippen LogP contribution in [0.3, 0.4) is 0 Å². The van der Waals surface area contributed by atoms with E-state index in [4.69, 9.17) is 5.73 Å². The molecule has 90 valence electrons. The molecule has 1 aromatic heterocycles. The fraction of sp³-hybridized carbons (Fsp3) is 0.417. The number of pyridine rings is 1. The zero-order chi connectivity index (χ0) is 12.3. The van der Waals surface area contributed by atoms with E-state index in [9.17, 15) is 9.59 Å². The van der Waals surface area contributed by atoms with Gasteiger partial charge in [-0.05, 0) is 12.1 Å². The first-order chi connectivity index (χ1) is 8.18. The highest BCUT2D eigenvalue weighted by Gasteiger charge is 2.29. The molecule has 1 aromatic rings. The van der Waals surface area contributed by atoms with Crippen LogP contribution < -0.4 is 5.73 Å². The van der Waals surface area contributed by atoms with Gasteiger partial charge in [-0.2, -0.15) is 0 Å². The summed E-state index contributed by atoms with van der Waals surface area (Å²) >= 11 is 0. The van der Waals surface area contributed by atoms with Crippen molar-refractivity contribution in [3.05, 3.63) is 30.1 Å². The molecular weight excluding hydrogens is 218 g/mol. The predicted octanol–water partition coefficient (Wildman–Crippen LogP) is 0.273. The van der Waals surface area contributed by atoms with Gasteiger partial charge in [0, 0.05) is 32.1 Å². The number of ketones is 1. The molecule has 0 aromatic carbocycles. The van der Waals surface area contributed by atoms with Gasteiger partial charge in [0.15, 0.2) is 0 Å². The van der Waals surface area contributed by atoms with Crippen LogP contribution >= 0.6 is 0 Å². The number of Topliss-reactive ketones (excluding diaryl/α,β-unsaturated/α-hetero) is 1. The van der Waals surface area contributed by atoms with Gasteiger partial charge in [-0.1, -0.05) is 6.07 Å². The third-order valence-electron chi connectivity index (χ3n) is 2.96. The number of likely N-dealkylation sites (tertiary alicyclic amines) is 1. The van der Waals surface area contributed by atoms with E-state index in [0.717, 1.165) is 0 Å². The molecule has 1 fully saturated rings. The van der Waals surface area contributed by atoms with Crippen molar-refractivity contribution >= 4 is 11.7 Å². The first-order valence-electron chi connectivity index (χ1n) is 5.64. The van der Waals surface area contributed by atoms with Crippen molar-refractivity contribution in [3.63, 3.8) is 0 Å². The Morgan fingerprint density at radius 3 is 2.59 bits per heavy atom. The van der Waals surface area contributed by atoms with E-state index in [2.05, 4.69) is 4.98 Å². The summed E-state index contributed by atoms with van der Waals surface area (Å²) in [7, 11) is 0. The summed E-state index contributed by atoms with van der Waals surface area (Å²) in [6.07, 6.45) is 2.60. The van der Waals surface area contributed by atoms with Gasteiger partial charge in [0.05, 0.1) is 5.69 Å². The highest BCUT2D eigenvalue weighted by atomic mass is 16.1. The maximum absolute atomic E-state index is 11.5. The van der Waals surface area contributed by atoms with E-state index >= 15 is 0 Å². The second-order valence-corrected chi connectivity index (χ2v) is 4.13. The number of hydrogen-bond acceptors (Lipinski definition) is 4. The normalized spacial score (nSPS) is 18.9. The number of nitrogens with two attached hydrogens (primary N) is 1. The fourth-order valence-electron chi connectivity index (χ4n) is 2.08. The lowest BCUT2D eigenvalue weighted by atomic mass is 10.0. The minimum absolute atomic E-state index is 0.241. The summed E-state index contributed by atoms with van der Waals surface area (Å²) in [5.74, 6) is -0.177. The van der Waals surface area contributed by atoms with Crippen molar-refractivity contribution in [2.45, 2.75) is 18.9 Å². The molecule has 17 heavy (non-hydrogen) atoms. The van der Waals surface area contributed by atoms with Crippen LogP contribution in [0, 0.1) is 0 Å². The van der Waals surface area contributed by atoms with Crippen molar-refractivity contribution < 1.29 is 9.59 Å². The summed E-state index contributed by atoms with van der Waals surface area (Å²) in [5, 5.41) is 0. The number of carbonyl (C=O) groups is 2. The van der Waals surface area contributed by atoms with Crippen LogP contribution in [0.2, 0.25) is 0 Å². The molecular formula is C12H15N3O2. The molecule has 5 heteroatoms. The standard InChI is InChI=1S/C12H15N3O2/c13-12(17)11(10-3-1-2-6-14-10)15-7-4-9(16)5-8-15/h1-3,6,11H,4-5,7-8H2,(H2,13,17). The van der Waals surface area contributed by atoms with Gasteiger partial charge in [-0.25, -0.2) is 0 Å². The average molecular weight is 233 g/mol. The number of aromatic nitrogens is 1. The topological polar surface area (TPSA) is 76.3 Å². The molecule has 0 bridgehead atoms. The zero-order valence-corrected chi connectivity index (χ0v) is 9.50. The van der Waals surface area contributed by atoms with Crippen LogP contribution in [0.1, 0.15) is 24.6 Å². The number of amides is 1. The highest BCUT2D eigenvalue weighted by molar-refractivity contribution is 5.82. The maximum Gasteiger partial charge on any atom is 0.241 e. The summed E-state index contributed by atoms with van der Waals surface area (Å²) in [5.41, 5.74) is 6.08. The van der Waals surface area contributed by atoms with E-state index in [-0.39, 0.29) is 5.78 Å². The molecule has 0 spiro atoms. The van der Waals surface area contributed by atoms with E-state index < -0.39 is 11.9 Å². The van der Waals surface area contributed by atoms with Crippen LogP contribution in [0.4, 0.5) is 0 Å². The molecule has 0 saturated carbocycles. The lowest BCUT2D eigenvalue weighted by molar-refractivity contribution is -0.128. The van der Waals surface area contributed by atoms with Crippen LogP contribution in [0.5, 0.6) is 0 Å². The largest absolute Gasteiger partial charge is 0.368 e. The van der Waals surface area contributed by atoms with Gasteiger partial charge in [-0.3, -0.25) is 19.5 Å². The van der Waals surface area contributed by atoms with Crippen LogP contribution in [-0.2, 0) is 9.59 Å². The van der Waals surface area contributed by atoms with E-state index in [1.54, 1.807) is 18.3 Å². The van der Waals surface area contributed by atoms with Gasteiger partial charge < -0.3 is 5.73 Å². The zero-order valence-electron chi connectivity index (χ0n) is 9.50. The quantitative estimate of drug-likeness (QED) is 0.813. The van der Waals surface area contributed by atoms with Gasteiger partial charge in [0.1, 0.15) is 11.8 Å². The number of nitrogens with zero attached hydrogens (tertiary/aromatic N) is 2.